The number of hydrogen-bond donors (Lipinski definition) is 0. The monoisotopic (exact) mass is 335 g/mol. The fourth-order valence-corrected chi connectivity index (χ4v) is 4.06. The second kappa shape index (κ2) is 5.65. The van der Waals surface area contributed by atoms with Crippen LogP contribution in [-0.4, -0.2) is 41.1 Å². The molecule has 0 aliphatic carbocycles. The van der Waals surface area contributed by atoms with Gasteiger partial charge in [0.05, 0.1) is 17.2 Å². The molecule has 1 aromatic carbocycles. The third kappa shape index (κ3) is 2.49. The van der Waals surface area contributed by atoms with Crippen molar-refractivity contribution in [1.82, 2.24) is 15.0 Å². The number of anilines is 2. The summed E-state index contributed by atoms with van der Waals surface area (Å²) in [5, 5.41) is 0. The molecule has 2 atom stereocenters. The molecule has 25 heavy (non-hydrogen) atoms. The van der Waals surface area contributed by atoms with Crippen molar-refractivity contribution in [2.24, 2.45) is 11.8 Å². The fourth-order valence-electron chi connectivity index (χ4n) is 4.06. The smallest absolute Gasteiger partial charge is 0.165 e. The number of rotatable bonds is 2. The van der Waals surface area contributed by atoms with Gasteiger partial charge in [-0.25, -0.2) is 14.4 Å². The Labute approximate surface area is 145 Å². The van der Waals surface area contributed by atoms with Crippen molar-refractivity contribution in [3.63, 3.8) is 0 Å². The minimum atomic E-state index is -0.236. The quantitative estimate of drug-likeness (QED) is 0.720. The van der Waals surface area contributed by atoms with Crippen molar-refractivity contribution in [3.05, 3.63) is 54.6 Å². The lowest BCUT2D eigenvalue weighted by Gasteiger charge is -2.23. The normalized spacial score (nSPS) is 22.6. The predicted molar refractivity (Wildman–Crippen MR) is 95.1 cm³/mol. The van der Waals surface area contributed by atoms with Gasteiger partial charge in [0, 0.05) is 44.2 Å². The van der Waals surface area contributed by atoms with Crippen LogP contribution in [-0.2, 0) is 0 Å². The molecule has 5 nitrogen and oxygen atoms in total. The summed E-state index contributed by atoms with van der Waals surface area (Å²) in [6, 6.07) is 11.0. The van der Waals surface area contributed by atoms with Crippen LogP contribution >= 0.6 is 0 Å². The van der Waals surface area contributed by atoms with E-state index in [9.17, 15) is 4.39 Å². The molecule has 0 saturated carbocycles. The Balaban J connectivity index is 1.34. The van der Waals surface area contributed by atoms with Crippen molar-refractivity contribution in [2.75, 3.05) is 36.0 Å². The summed E-state index contributed by atoms with van der Waals surface area (Å²) in [4.78, 5) is 17.9. The molecule has 2 aliphatic heterocycles. The molecule has 0 N–H and O–H groups in total. The number of pyridine rings is 1. The van der Waals surface area contributed by atoms with Gasteiger partial charge in [0.25, 0.3) is 0 Å². The van der Waals surface area contributed by atoms with E-state index in [-0.39, 0.29) is 5.82 Å². The van der Waals surface area contributed by atoms with Gasteiger partial charge in [0.1, 0.15) is 5.82 Å². The Kier molecular flexibility index (Phi) is 3.29. The van der Waals surface area contributed by atoms with Crippen LogP contribution in [0.2, 0.25) is 0 Å². The van der Waals surface area contributed by atoms with E-state index in [2.05, 4.69) is 19.8 Å². The molecule has 2 aliphatic rings. The second-order valence-corrected chi connectivity index (χ2v) is 6.86. The van der Waals surface area contributed by atoms with Crippen molar-refractivity contribution in [1.29, 1.82) is 0 Å². The lowest BCUT2D eigenvalue weighted by Crippen LogP contribution is -2.30. The summed E-state index contributed by atoms with van der Waals surface area (Å²) in [6.45, 7) is 3.55. The van der Waals surface area contributed by atoms with Crippen LogP contribution in [0.5, 0.6) is 0 Å². The summed E-state index contributed by atoms with van der Waals surface area (Å²) in [5.74, 6) is 2.20. The highest BCUT2D eigenvalue weighted by molar-refractivity contribution is 5.75. The minimum Gasteiger partial charge on any atom is -0.355 e. The first-order valence-corrected chi connectivity index (χ1v) is 8.60. The molecule has 126 valence electrons. The predicted octanol–water partition coefficient (Wildman–Crippen LogP) is 2.74. The lowest BCUT2D eigenvalue weighted by molar-refractivity contribution is 0.533. The van der Waals surface area contributed by atoms with Gasteiger partial charge in [-0.2, -0.15) is 0 Å². The van der Waals surface area contributed by atoms with Crippen LogP contribution in [0.3, 0.4) is 0 Å². The number of hydrogen-bond acceptors (Lipinski definition) is 5. The van der Waals surface area contributed by atoms with E-state index in [1.54, 1.807) is 12.3 Å². The van der Waals surface area contributed by atoms with Crippen LogP contribution in [0.4, 0.5) is 16.0 Å². The summed E-state index contributed by atoms with van der Waals surface area (Å²) in [5.41, 5.74) is 1.84. The van der Waals surface area contributed by atoms with E-state index < -0.39 is 0 Å². The Morgan fingerprint density at radius 1 is 0.840 bits per heavy atom. The highest BCUT2D eigenvalue weighted by Crippen LogP contribution is 2.35. The molecule has 0 radical (unpaired) electrons. The maximum absolute atomic E-state index is 14.0. The van der Waals surface area contributed by atoms with E-state index >= 15 is 0 Å². The van der Waals surface area contributed by atoms with Gasteiger partial charge in [0.15, 0.2) is 11.6 Å². The van der Waals surface area contributed by atoms with Crippen LogP contribution in [0.15, 0.2) is 48.8 Å². The fraction of sp³-hybridized carbons (Fsp3) is 0.316. The van der Waals surface area contributed by atoms with Gasteiger partial charge in [0.2, 0.25) is 0 Å². The molecule has 5 rings (SSSR count). The lowest BCUT2D eigenvalue weighted by atomic mass is 10.0. The van der Waals surface area contributed by atoms with E-state index in [0.29, 0.717) is 17.7 Å². The number of halogens is 1. The third-order valence-corrected chi connectivity index (χ3v) is 5.28. The number of nitrogens with zero attached hydrogens (tertiary/aromatic N) is 5. The van der Waals surface area contributed by atoms with E-state index in [1.165, 1.54) is 6.07 Å². The molecule has 4 heterocycles. The SMILES string of the molecule is Fc1cccnc1N1CC2CN(c3cnc4ccccc4n3)CC2C1. The summed E-state index contributed by atoms with van der Waals surface area (Å²) >= 11 is 0. The molecule has 3 aromatic rings. The Hall–Kier alpha value is -2.76. The molecular weight excluding hydrogens is 317 g/mol. The average molecular weight is 335 g/mol. The minimum absolute atomic E-state index is 0.236. The highest BCUT2D eigenvalue weighted by atomic mass is 19.1. The van der Waals surface area contributed by atoms with Gasteiger partial charge in [-0.1, -0.05) is 12.1 Å². The zero-order valence-electron chi connectivity index (χ0n) is 13.7. The highest BCUT2D eigenvalue weighted by Gasteiger charge is 2.41. The molecule has 2 aromatic heterocycles. The van der Waals surface area contributed by atoms with Crippen LogP contribution in [0, 0.1) is 17.7 Å². The molecule has 2 unspecified atom stereocenters. The second-order valence-electron chi connectivity index (χ2n) is 6.86. The first-order valence-electron chi connectivity index (χ1n) is 8.60. The Bertz CT molecular complexity index is 916. The Morgan fingerprint density at radius 3 is 2.32 bits per heavy atom. The first-order chi connectivity index (χ1) is 12.3. The third-order valence-electron chi connectivity index (χ3n) is 5.28. The van der Waals surface area contributed by atoms with E-state index in [0.717, 1.165) is 43.0 Å². The van der Waals surface area contributed by atoms with Crippen molar-refractivity contribution in [3.8, 4) is 0 Å². The molecule has 0 spiro atoms. The van der Waals surface area contributed by atoms with E-state index in [1.807, 2.05) is 30.5 Å². The van der Waals surface area contributed by atoms with Gasteiger partial charge in [-0.3, -0.25) is 4.98 Å². The summed E-state index contributed by atoms with van der Waals surface area (Å²) in [6.07, 6.45) is 3.52. The molecule has 2 saturated heterocycles. The van der Waals surface area contributed by atoms with Crippen molar-refractivity contribution >= 4 is 22.7 Å². The standard InChI is InChI=1S/C19H18FN5/c20-15-4-3-7-21-19(15)25-11-13-9-24(10-14(13)12-25)18-8-22-16-5-1-2-6-17(16)23-18/h1-8,13-14H,9-12H2. The molecule has 2 fully saturated rings. The largest absolute Gasteiger partial charge is 0.355 e. The van der Waals surface area contributed by atoms with Crippen LogP contribution < -0.4 is 9.80 Å². The van der Waals surface area contributed by atoms with Crippen LogP contribution in [0.1, 0.15) is 0 Å². The van der Waals surface area contributed by atoms with Gasteiger partial charge in [-0.15, -0.1) is 0 Å². The maximum Gasteiger partial charge on any atom is 0.165 e. The van der Waals surface area contributed by atoms with Gasteiger partial charge >= 0.3 is 0 Å². The number of benzene rings is 1. The molecule has 6 heteroatoms. The Morgan fingerprint density at radius 2 is 1.56 bits per heavy atom. The van der Waals surface area contributed by atoms with E-state index in [4.69, 9.17) is 4.98 Å². The number of fused-ring (bicyclic) bond motifs is 2. The number of aromatic nitrogens is 3. The zero-order chi connectivity index (χ0) is 16.8. The first kappa shape index (κ1) is 14.6. The van der Waals surface area contributed by atoms with Crippen molar-refractivity contribution < 1.29 is 4.39 Å². The molecule has 0 bridgehead atoms. The number of para-hydroxylation sites is 2. The van der Waals surface area contributed by atoms with Gasteiger partial charge in [-0.05, 0) is 24.3 Å². The van der Waals surface area contributed by atoms with Gasteiger partial charge < -0.3 is 9.80 Å². The zero-order valence-corrected chi connectivity index (χ0v) is 13.7. The molecular formula is C19H18FN5. The summed E-state index contributed by atoms with van der Waals surface area (Å²) < 4.78 is 14.0. The summed E-state index contributed by atoms with van der Waals surface area (Å²) in [7, 11) is 0. The topological polar surface area (TPSA) is 45.2 Å². The molecule has 0 amide bonds. The van der Waals surface area contributed by atoms with Crippen LogP contribution in [0.25, 0.3) is 11.0 Å². The van der Waals surface area contributed by atoms with Crippen molar-refractivity contribution in [2.45, 2.75) is 0 Å². The average Bonchev–Trinajstić information content (AvgIpc) is 3.21. The maximum atomic E-state index is 14.0.